The summed E-state index contributed by atoms with van der Waals surface area (Å²) in [5.74, 6) is 0.514. The summed E-state index contributed by atoms with van der Waals surface area (Å²) in [6.45, 7) is 10.4. The molecular formula is C13H21N. The fourth-order valence-corrected chi connectivity index (χ4v) is 1.19. The van der Waals surface area contributed by atoms with E-state index in [1.807, 2.05) is 32.2 Å². The topological polar surface area (TPSA) is 12.4 Å². The van der Waals surface area contributed by atoms with Crippen molar-refractivity contribution >= 4 is 5.71 Å². The van der Waals surface area contributed by atoms with Crippen LogP contribution >= 0.6 is 0 Å². The lowest BCUT2D eigenvalue weighted by atomic mass is 9.98. The third-order valence-electron chi connectivity index (χ3n) is 1.93. The largest absolute Gasteiger partial charge is 0.262 e. The third kappa shape index (κ3) is 4.80. The van der Waals surface area contributed by atoms with E-state index in [0.29, 0.717) is 5.92 Å². The van der Waals surface area contributed by atoms with Crippen LogP contribution in [0.25, 0.3) is 0 Å². The van der Waals surface area contributed by atoms with E-state index in [9.17, 15) is 0 Å². The number of hydrogen-bond donors (Lipinski definition) is 0. The van der Waals surface area contributed by atoms with Gasteiger partial charge in [-0.25, -0.2) is 0 Å². The van der Waals surface area contributed by atoms with Crippen molar-refractivity contribution in [2.24, 2.45) is 10.9 Å². The maximum atomic E-state index is 4.35. The van der Waals surface area contributed by atoms with Gasteiger partial charge in [0.05, 0.1) is 0 Å². The van der Waals surface area contributed by atoms with Crippen molar-refractivity contribution in [2.75, 3.05) is 0 Å². The van der Waals surface area contributed by atoms with Crippen LogP contribution in [0, 0.1) is 5.92 Å². The van der Waals surface area contributed by atoms with E-state index in [1.54, 1.807) is 0 Å². The molecular weight excluding hydrogens is 170 g/mol. The van der Waals surface area contributed by atoms with Crippen molar-refractivity contribution in [3.05, 3.63) is 36.1 Å². The van der Waals surface area contributed by atoms with Crippen LogP contribution in [0.2, 0.25) is 0 Å². The second-order valence-electron chi connectivity index (χ2n) is 3.50. The summed E-state index contributed by atoms with van der Waals surface area (Å²) in [6.07, 6.45) is 10.0. The normalized spacial score (nSPS) is 15.0. The van der Waals surface area contributed by atoms with Gasteiger partial charge >= 0.3 is 0 Å². The lowest BCUT2D eigenvalue weighted by molar-refractivity contribution is 0.801. The highest BCUT2D eigenvalue weighted by molar-refractivity contribution is 5.99. The van der Waals surface area contributed by atoms with E-state index >= 15 is 0 Å². The van der Waals surface area contributed by atoms with Crippen molar-refractivity contribution in [1.29, 1.82) is 0 Å². The van der Waals surface area contributed by atoms with Crippen LogP contribution in [-0.4, -0.2) is 5.71 Å². The van der Waals surface area contributed by atoms with E-state index in [2.05, 4.69) is 37.9 Å². The van der Waals surface area contributed by atoms with Gasteiger partial charge in [0.25, 0.3) is 0 Å². The summed E-state index contributed by atoms with van der Waals surface area (Å²) >= 11 is 0. The summed E-state index contributed by atoms with van der Waals surface area (Å²) in [5, 5.41) is 0. The Bertz CT molecular complexity index is 265. The third-order valence-corrected chi connectivity index (χ3v) is 1.93. The lowest BCUT2D eigenvalue weighted by Gasteiger charge is -2.09. The van der Waals surface area contributed by atoms with Crippen molar-refractivity contribution in [3.63, 3.8) is 0 Å². The Morgan fingerprint density at radius 3 is 2.21 bits per heavy atom. The Morgan fingerprint density at radius 1 is 1.14 bits per heavy atom. The second kappa shape index (κ2) is 7.31. The molecule has 78 valence electrons. The zero-order valence-corrected chi connectivity index (χ0v) is 9.91. The van der Waals surface area contributed by atoms with Crippen molar-refractivity contribution < 1.29 is 0 Å². The molecule has 0 unspecified atom stereocenters. The van der Waals surface area contributed by atoms with Crippen LogP contribution in [0.15, 0.2) is 41.1 Å². The van der Waals surface area contributed by atoms with E-state index in [-0.39, 0.29) is 0 Å². The summed E-state index contributed by atoms with van der Waals surface area (Å²) in [4.78, 5) is 4.35. The first-order valence-corrected chi connectivity index (χ1v) is 5.12. The Balaban J connectivity index is 4.83. The van der Waals surface area contributed by atoms with Crippen LogP contribution < -0.4 is 0 Å². The van der Waals surface area contributed by atoms with Crippen molar-refractivity contribution in [2.45, 2.75) is 34.6 Å². The zero-order valence-electron chi connectivity index (χ0n) is 9.91. The van der Waals surface area contributed by atoms with E-state index in [1.165, 1.54) is 5.57 Å². The van der Waals surface area contributed by atoms with Gasteiger partial charge in [0.2, 0.25) is 0 Å². The van der Waals surface area contributed by atoms with Gasteiger partial charge in [0.15, 0.2) is 0 Å². The van der Waals surface area contributed by atoms with E-state index < -0.39 is 0 Å². The smallest absolute Gasteiger partial charge is 0.0407 e. The standard InChI is InChI=1S/C13H21N/c1-6-8-9-13(11(3)4)12(5)14-10-7-2/h6-11H,1-5H3/b8-6-,10-7-,13-9-,14-12+. The Hall–Kier alpha value is -1.11. The molecule has 0 aromatic carbocycles. The molecule has 0 aliphatic carbocycles. The predicted octanol–water partition coefficient (Wildman–Crippen LogP) is 4.14. The first kappa shape index (κ1) is 12.9. The average Bonchev–Trinajstić information content (AvgIpc) is 2.14. The minimum absolute atomic E-state index is 0.514. The number of aliphatic imine (C=N–C) groups is 1. The number of allylic oxidation sites excluding steroid dienone is 5. The highest BCUT2D eigenvalue weighted by atomic mass is 14.7. The van der Waals surface area contributed by atoms with Crippen LogP contribution in [0.4, 0.5) is 0 Å². The number of nitrogens with zero attached hydrogens (tertiary/aromatic N) is 1. The Labute approximate surface area is 87.9 Å². The molecule has 0 amide bonds. The molecule has 0 saturated carbocycles. The van der Waals surface area contributed by atoms with Gasteiger partial charge in [-0.3, -0.25) is 4.99 Å². The quantitative estimate of drug-likeness (QED) is 0.468. The first-order chi connectivity index (χ1) is 6.63. The zero-order chi connectivity index (χ0) is 11.0. The molecule has 0 radical (unpaired) electrons. The average molecular weight is 191 g/mol. The van der Waals surface area contributed by atoms with Gasteiger partial charge in [0.1, 0.15) is 0 Å². The molecule has 0 rings (SSSR count). The first-order valence-electron chi connectivity index (χ1n) is 5.12. The summed E-state index contributed by atoms with van der Waals surface area (Å²) in [5.41, 5.74) is 2.39. The minimum atomic E-state index is 0.514. The number of hydrogen-bond acceptors (Lipinski definition) is 1. The Morgan fingerprint density at radius 2 is 1.79 bits per heavy atom. The monoisotopic (exact) mass is 191 g/mol. The van der Waals surface area contributed by atoms with Crippen LogP contribution in [-0.2, 0) is 0 Å². The second-order valence-corrected chi connectivity index (χ2v) is 3.50. The van der Waals surface area contributed by atoms with Crippen LogP contribution in [0.5, 0.6) is 0 Å². The highest BCUT2D eigenvalue weighted by Gasteiger charge is 2.04. The molecule has 0 bridgehead atoms. The molecule has 0 aliphatic rings. The Kier molecular flexibility index (Phi) is 6.73. The number of rotatable bonds is 4. The molecule has 0 atom stereocenters. The molecule has 0 aliphatic heterocycles. The molecule has 0 heterocycles. The molecule has 1 nitrogen and oxygen atoms in total. The maximum Gasteiger partial charge on any atom is 0.0407 e. The summed E-state index contributed by atoms with van der Waals surface area (Å²) in [7, 11) is 0. The van der Waals surface area contributed by atoms with Gasteiger partial charge < -0.3 is 0 Å². The fraction of sp³-hybridized carbons (Fsp3) is 0.462. The van der Waals surface area contributed by atoms with Gasteiger partial charge in [-0.2, -0.15) is 0 Å². The minimum Gasteiger partial charge on any atom is -0.262 e. The molecule has 0 aromatic rings. The van der Waals surface area contributed by atoms with Crippen LogP contribution in [0.1, 0.15) is 34.6 Å². The SMILES string of the molecule is C\C=C/C=C(\C(C)=N\C=C/C)C(C)C. The summed E-state index contributed by atoms with van der Waals surface area (Å²) in [6, 6.07) is 0. The lowest BCUT2D eigenvalue weighted by Crippen LogP contribution is -2.03. The van der Waals surface area contributed by atoms with Crippen LogP contribution in [0.3, 0.4) is 0 Å². The van der Waals surface area contributed by atoms with Gasteiger partial charge in [-0.1, -0.05) is 38.2 Å². The van der Waals surface area contributed by atoms with Crippen molar-refractivity contribution in [1.82, 2.24) is 0 Å². The molecule has 14 heavy (non-hydrogen) atoms. The predicted molar refractivity (Wildman–Crippen MR) is 65.7 cm³/mol. The maximum absolute atomic E-state index is 4.35. The fourth-order valence-electron chi connectivity index (χ4n) is 1.19. The molecule has 0 N–H and O–H groups in total. The summed E-state index contributed by atoms with van der Waals surface area (Å²) < 4.78 is 0. The van der Waals surface area contributed by atoms with E-state index in [4.69, 9.17) is 0 Å². The van der Waals surface area contributed by atoms with Gasteiger partial charge in [-0.05, 0) is 32.3 Å². The van der Waals surface area contributed by atoms with Gasteiger partial charge in [0, 0.05) is 11.9 Å². The molecule has 1 heteroatoms. The molecule has 0 fully saturated rings. The molecule has 0 saturated heterocycles. The molecule has 0 aromatic heterocycles. The van der Waals surface area contributed by atoms with Gasteiger partial charge in [-0.15, -0.1) is 0 Å². The van der Waals surface area contributed by atoms with E-state index in [0.717, 1.165) is 5.71 Å². The molecule has 0 spiro atoms. The highest BCUT2D eigenvalue weighted by Crippen LogP contribution is 2.12. The van der Waals surface area contributed by atoms with Crippen molar-refractivity contribution in [3.8, 4) is 0 Å².